The lowest BCUT2D eigenvalue weighted by Crippen LogP contribution is -2.26. The highest BCUT2D eigenvalue weighted by atomic mass is 16.5. The van der Waals surface area contributed by atoms with E-state index in [4.69, 9.17) is 10.5 Å². The van der Waals surface area contributed by atoms with Crippen LogP contribution in [0.2, 0.25) is 0 Å². The summed E-state index contributed by atoms with van der Waals surface area (Å²) in [6.07, 6.45) is 4.91. The van der Waals surface area contributed by atoms with Gasteiger partial charge in [-0.15, -0.1) is 0 Å². The van der Waals surface area contributed by atoms with E-state index in [1.807, 2.05) is 45.0 Å². The van der Waals surface area contributed by atoms with E-state index in [2.05, 4.69) is 5.32 Å². The average Bonchev–Trinajstić information content (AvgIpc) is 2.47. The van der Waals surface area contributed by atoms with Crippen LogP contribution in [-0.4, -0.2) is 18.6 Å². The Morgan fingerprint density at radius 1 is 1.09 bits per heavy atom. The zero-order chi connectivity index (χ0) is 16.4. The molecule has 3 N–H and O–H groups in total. The Balaban J connectivity index is 2.34. The maximum absolute atomic E-state index is 11.9. The molecule has 0 fully saturated rings. The number of ether oxygens (including phenoxy) is 1. The van der Waals surface area contributed by atoms with Crippen LogP contribution in [0.25, 0.3) is 0 Å². The first-order valence-corrected chi connectivity index (χ1v) is 8.29. The second kappa shape index (κ2) is 10.2. The number of nitrogens with two attached hydrogens (primary N) is 1. The molecule has 0 saturated heterocycles. The Hall–Kier alpha value is -1.55. The lowest BCUT2D eigenvalue weighted by molar-refractivity contribution is -0.121. The van der Waals surface area contributed by atoms with Crippen molar-refractivity contribution in [3.8, 4) is 5.75 Å². The van der Waals surface area contributed by atoms with Gasteiger partial charge in [-0.2, -0.15) is 0 Å². The van der Waals surface area contributed by atoms with E-state index in [1.165, 1.54) is 0 Å². The lowest BCUT2D eigenvalue weighted by Gasteiger charge is -2.16. The summed E-state index contributed by atoms with van der Waals surface area (Å²) in [5.74, 6) is 0.972. The van der Waals surface area contributed by atoms with Gasteiger partial charge in [-0.25, -0.2) is 0 Å². The summed E-state index contributed by atoms with van der Waals surface area (Å²) in [5.41, 5.74) is 6.54. The molecule has 1 aromatic rings. The topological polar surface area (TPSA) is 64.3 Å². The van der Waals surface area contributed by atoms with Crippen LogP contribution in [0.3, 0.4) is 0 Å². The molecule has 0 spiro atoms. The number of carbonyl (C=O) groups is 1. The molecule has 22 heavy (non-hydrogen) atoms. The molecule has 0 aromatic heterocycles. The van der Waals surface area contributed by atoms with Crippen molar-refractivity contribution in [1.29, 1.82) is 0 Å². The Bertz CT molecular complexity index is 429. The highest BCUT2D eigenvalue weighted by molar-refractivity contribution is 5.76. The van der Waals surface area contributed by atoms with Crippen molar-refractivity contribution in [2.75, 3.05) is 6.54 Å². The fraction of sp³-hybridized carbons (Fsp3) is 0.611. The van der Waals surface area contributed by atoms with Crippen LogP contribution in [0.4, 0.5) is 0 Å². The standard InChI is InChI=1S/C18H30N2O2/c1-14(2)22-17-11-9-16(10-12-17)15(3)20-18(21)8-6-4-5-7-13-19/h9-12,14-15H,4-8,13,19H2,1-3H3,(H,20,21). The number of benzene rings is 1. The average molecular weight is 306 g/mol. The van der Waals surface area contributed by atoms with Gasteiger partial charge in [0.2, 0.25) is 5.91 Å². The summed E-state index contributed by atoms with van der Waals surface area (Å²) < 4.78 is 5.62. The fourth-order valence-electron chi connectivity index (χ4n) is 2.29. The fourth-order valence-corrected chi connectivity index (χ4v) is 2.29. The minimum Gasteiger partial charge on any atom is -0.491 e. The summed E-state index contributed by atoms with van der Waals surface area (Å²) in [4.78, 5) is 11.9. The highest BCUT2D eigenvalue weighted by Crippen LogP contribution is 2.18. The third-order valence-corrected chi connectivity index (χ3v) is 3.49. The first-order valence-electron chi connectivity index (χ1n) is 8.29. The van der Waals surface area contributed by atoms with Crippen molar-refractivity contribution in [1.82, 2.24) is 5.32 Å². The molecule has 0 bridgehead atoms. The summed E-state index contributed by atoms with van der Waals surface area (Å²) in [6.45, 7) is 6.75. The van der Waals surface area contributed by atoms with Crippen molar-refractivity contribution >= 4 is 5.91 Å². The molecule has 4 nitrogen and oxygen atoms in total. The highest BCUT2D eigenvalue weighted by Gasteiger charge is 2.09. The molecule has 124 valence electrons. The molecule has 0 aliphatic rings. The zero-order valence-corrected chi connectivity index (χ0v) is 14.1. The number of hydrogen-bond acceptors (Lipinski definition) is 3. The summed E-state index contributed by atoms with van der Waals surface area (Å²) in [5, 5.41) is 3.04. The van der Waals surface area contributed by atoms with Gasteiger partial charge in [0.05, 0.1) is 12.1 Å². The van der Waals surface area contributed by atoms with Crippen LogP contribution in [0.1, 0.15) is 64.5 Å². The number of amides is 1. The Morgan fingerprint density at radius 2 is 1.73 bits per heavy atom. The minimum absolute atomic E-state index is 0.0182. The van der Waals surface area contributed by atoms with Gasteiger partial charge in [-0.1, -0.05) is 25.0 Å². The van der Waals surface area contributed by atoms with Crippen LogP contribution in [0.15, 0.2) is 24.3 Å². The molecular weight excluding hydrogens is 276 g/mol. The predicted octanol–water partition coefficient (Wildman–Crippen LogP) is 3.56. The largest absolute Gasteiger partial charge is 0.491 e. The van der Waals surface area contributed by atoms with Gasteiger partial charge < -0.3 is 15.8 Å². The SMILES string of the molecule is CC(C)Oc1ccc(C(C)NC(=O)CCCCCCN)cc1. The van der Waals surface area contributed by atoms with E-state index in [9.17, 15) is 4.79 Å². The molecule has 1 unspecified atom stereocenters. The van der Waals surface area contributed by atoms with Crippen molar-refractivity contribution in [3.05, 3.63) is 29.8 Å². The predicted molar refractivity (Wildman–Crippen MR) is 90.9 cm³/mol. The van der Waals surface area contributed by atoms with E-state index in [-0.39, 0.29) is 18.1 Å². The van der Waals surface area contributed by atoms with Crippen LogP contribution >= 0.6 is 0 Å². The summed E-state index contributed by atoms with van der Waals surface area (Å²) >= 11 is 0. The molecule has 1 aromatic carbocycles. The van der Waals surface area contributed by atoms with Crippen LogP contribution < -0.4 is 15.8 Å². The molecule has 1 amide bonds. The van der Waals surface area contributed by atoms with E-state index >= 15 is 0 Å². The van der Waals surface area contributed by atoms with Gasteiger partial charge in [0, 0.05) is 6.42 Å². The molecule has 0 saturated carbocycles. The number of unbranched alkanes of at least 4 members (excludes halogenated alkanes) is 3. The van der Waals surface area contributed by atoms with Gasteiger partial charge in [0.25, 0.3) is 0 Å². The molecule has 0 heterocycles. The van der Waals surface area contributed by atoms with E-state index in [0.717, 1.165) is 43.5 Å². The Labute approximate surface area is 134 Å². The van der Waals surface area contributed by atoms with E-state index in [0.29, 0.717) is 6.42 Å². The van der Waals surface area contributed by atoms with Gasteiger partial charge in [-0.3, -0.25) is 4.79 Å². The zero-order valence-electron chi connectivity index (χ0n) is 14.1. The van der Waals surface area contributed by atoms with Gasteiger partial charge in [0.1, 0.15) is 5.75 Å². The molecule has 0 aliphatic heterocycles. The van der Waals surface area contributed by atoms with Crippen LogP contribution in [-0.2, 0) is 4.79 Å². The molecule has 4 heteroatoms. The smallest absolute Gasteiger partial charge is 0.220 e. The number of rotatable bonds is 10. The normalized spacial score (nSPS) is 12.2. The molecular formula is C18H30N2O2. The van der Waals surface area contributed by atoms with Crippen molar-refractivity contribution < 1.29 is 9.53 Å². The van der Waals surface area contributed by atoms with Crippen molar-refractivity contribution in [2.24, 2.45) is 5.73 Å². The third kappa shape index (κ3) is 7.46. The number of hydrogen-bond donors (Lipinski definition) is 2. The quantitative estimate of drug-likeness (QED) is 0.650. The Kier molecular flexibility index (Phi) is 8.60. The Morgan fingerprint density at radius 3 is 2.32 bits per heavy atom. The number of carbonyl (C=O) groups excluding carboxylic acids is 1. The van der Waals surface area contributed by atoms with Gasteiger partial charge in [0.15, 0.2) is 0 Å². The van der Waals surface area contributed by atoms with Gasteiger partial charge in [-0.05, 0) is 57.9 Å². The third-order valence-electron chi connectivity index (χ3n) is 3.49. The van der Waals surface area contributed by atoms with Gasteiger partial charge >= 0.3 is 0 Å². The summed E-state index contributed by atoms with van der Waals surface area (Å²) in [7, 11) is 0. The molecule has 0 aliphatic carbocycles. The van der Waals surface area contributed by atoms with Crippen LogP contribution in [0.5, 0.6) is 5.75 Å². The molecule has 0 radical (unpaired) electrons. The van der Waals surface area contributed by atoms with E-state index in [1.54, 1.807) is 0 Å². The lowest BCUT2D eigenvalue weighted by atomic mass is 10.1. The summed E-state index contributed by atoms with van der Waals surface area (Å²) in [6, 6.07) is 7.92. The van der Waals surface area contributed by atoms with Crippen molar-refractivity contribution in [2.45, 2.75) is 65.0 Å². The second-order valence-electron chi connectivity index (χ2n) is 5.98. The maximum atomic E-state index is 11.9. The first kappa shape index (κ1) is 18.5. The molecule has 1 rings (SSSR count). The minimum atomic E-state index is 0.0182. The maximum Gasteiger partial charge on any atom is 0.220 e. The number of nitrogens with one attached hydrogen (secondary N) is 1. The molecule has 1 atom stereocenters. The van der Waals surface area contributed by atoms with Crippen LogP contribution in [0, 0.1) is 0 Å². The van der Waals surface area contributed by atoms with Crippen molar-refractivity contribution in [3.63, 3.8) is 0 Å². The first-order chi connectivity index (χ1) is 10.5. The van der Waals surface area contributed by atoms with E-state index < -0.39 is 0 Å². The second-order valence-corrected chi connectivity index (χ2v) is 5.98. The monoisotopic (exact) mass is 306 g/mol.